The molecule has 0 aliphatic heterocycles. The van der Waals surface area contributed by atoms with Crippen molar-refractivity contribution in [1.29, 1.82) is 0 Å². The third-order valence-electron chi connectivity index (χ3n) is 5.69. The number of benzene rings is 3. The molecule has 1 heterocycles. The van der Waals surface area contributed by atoms with Crippen LogP contribution in [0.5, 0.6) is 0 Å². The van der Waals surface area contributed by atoms with Crippen LogP contribution < -0.4 is 4.90 Å². The Kier molecular flexibility index (Phi) is 6.23. The molecule has 182 valence electrons. The van der Waals surface area contributed by atoms with Gasteiger partial charge in [0.1, 0.15) is 5.60 Å². The highest BCUT2D eigenvalue weighted by Crippen LogP contribution is 2.31. The van der Waals surface area contributed by atoms with Crippen LogP contribution >= 0.6 is 0 Å². The van der Waals surface area contributed by atoms with Crippen LogP contribution in [0, 0.1) is 13.8 Å². The molecule has 35 heavy (non-hydrogen) atoms. The van der Waals surface area contributed by atoms with Crippen LogP contribution in [0.2, 0.25) is 0 Å². The maximum absolute atomic E-state index is 13.4. The number of carbonyl (C=O) groups is 1. The lowest BCUT2D eigenvalue weighted by atomic mass is 10.0. The van der Waals surface area contributed by atoms with Crippen LogP contribution in [0.1, 0.15) is 31.9 Å². The molecule has 0 saturated carbocycles. The Hall–Kier alpha value is -3.58. The number of nitrogens with zero attached hydrogens (tertiary/aromatic N) is 2. The highest BCUT2D eigenvalue weighted by atomic mass is 32.2. The van der Waals surface area contributed by atoms with Crippen molar-refractivity contribution in [2.45, 2.75) is 45.1 Å². The minimum Gasteiger partial charge on any atom is -0.443 e. The first-order chi connectivity index (χ1) is 16.3. The second-order valence-corrected chi connectivity index (χ2v) is 11.6. The minimum absolute atomic E-state index is 0.239. The molecule has 0 bridgehead atoms. The molecule has 0 spiro atoms. The Labute approximate surface area is 206 Å². The quantitative estimate of drug-likeness (QED) is 0.326. The zero-order chi connectivity index (χ0) is 25.5. The number of hydrogen-bond donors (Lipinski definition) is 0. The molecule has 4 aromatic rings. The summed E-state index contributed by atoms with van der Waals surface area (Å²) in [5, 5.41) is 0.822. The van der Waals surface area contributed by atoms with Crippen molar-refractivity contribution >= 4 is 32.7 Å². The van der Waals surface area contributed by atoms with Gasteiger partial charge in [-0.05, 0) is 87.7 Å². The third kappa shape index (κ3) is 5.10. The first-order valence-corrected chi connectivity index (χ1v) is 12.8. The number of anilines is 1. The van der Waals surface area contributed by atoms with Gasteiger partial charge in [0, 0.05) is 24.3 Å². The highest BCUT2D eigenvalue weighted by Gasteiger charge is 2.22. The van der Waals surface area contributed by atoms with Gasteiger partial charge >= 0.3 is 6.09 Å². The van der Waals surface area contributed by atoms with Gasteiger partial charge < -0.3 is 4.74 Å². The van der Waals surface area contributed by atoms with Crippen LogP contribution in [0.15, 0.2) is 77.8 Å². The Morgan fingerprint density at radius 3 is 2.20 bits per heavy atom. The van der Waals surface area contributed by atoms with Crippen molar-refractivity contribution in [3.63, 3.8) is 0 Å². The molecular weight excluding hydrogens is 460 g/mol. The summed E-state index contributed by atoms with van der Waals surface area (Å²) in [4.78, 5) is 14.3. The average Bonchev–Trinajstić information content (AvgIpc) is 3.21. The van der Waals surface area contributed by atoms with Crippen LogP contribution in [0.4, 0.5) is 10.5 Å². The predicted molar refractivity (Wildman–Crippen MR) is 141 cm³/mol. The Bertz CT molecular complexity index is 1510. The van der Waals surface area contributed by atoms with Gasteiger partial charge in [-0.2, -0.15) is 0 Å². The Morgan fingerprint density at radius 2 is 1.54 bits per heavy atom. The topological polar surface area (TPSA) is 68.6 Å². The van der Waals surface area contributed by atoms with Gasteiger partial charge in [-0.1, -0.05) is 35.9 Å². The molecule has 0 radical (unpaired) electrons. The fourth-order valence-electron chi connectivity index (χ4n) is 3.88. The summed E-state index contributed by atoms with van der Waals surface area (Å²) in [5.41, 5.74) is 4.36. The number of hydrogen-bond acceptors (Lipinski definition) is 4. The average molecular weight is 491 g/mol. The van der Waals surface area contributed by atoms with Crippen molar-refractivity contribution in [1.82, 2.24) is 3.97 Å². The largest absolute Gasteiger partial charge is 0.443 e. The number of amides is 1. The molecule has 0 unspecified atom stereocenters. The summed E-state index contributed by atoms with van der Waals surface area (Å²) >= 11 is 0. The van der Waals surface area contributed by atoms with E-state index in [0.29, 0.717) is 11.2 Å². The maximum atomic E-state index is 13.4. The first kappa shape index (κ1) is 24.5. The predicted octanol–water partition coefficient (Wildman–Crippen LogP) is 6.53. The van der Waals surface area contributed by atoms with Crippen LogP contribution in [0.25, 0.3) is 22.0 Å². The van der Waals surface area contributed by atoms with Gasteiger partial charge in [-0.25, -0.2) is 17.2 Å². The molecule has 3 aromatic carbocycles. The van der Waals surface area contributed by atoms with Gasteiger partial charge in [0.15, 0.2) is 0 Å². The van der Waals surface area contributed by atoms with E-state index < -0.39 is 21.7 Å². The Morgan fingerprint density at radius 1 is 0.857 bits per heavy atom. The van der Waals surface area contributed by atoms with Crippen molar-refractivity contribution in [3.05, 3.63) is 84.1 Å². The van der Waals surface area contributed by atoms with Crippen molar-refractivity contribution in [2.24, 2.45) is 0 Å². The standard InChI is InChI=1S/C28H30N2O4S/c1-19-7-11-25(12-8-19)35(32,33)30-14-13-21-9-10-22(18-26(21)30)23-15-20(2)16-24(17-23)29(6)27(31)34-28(3,4)5/h7-18H,1-6H3. The molecule has 0 aliphatic carbocycles. The van der Waals surface area contributed by atoms with E-state index in [1.165, 1.54) is 8.87 Å². The number of carbonyl (C=O) groups excluding carboxylic acids is 1. The first-order valence-electron chi connectivity index (χ1n) is 11.4. The lowest BCUT2D eigenvalue weighted by molar-refractivity contribution is 0.0589. The van der Waals surface area contributed by atoms with Crippen LogP contribution in [-0.4, -0.2) is 31.1 Å². The monoisotopic (exact) mass is 490 g/mol. The summed E-state index contributed by atoms with van der Waals surface area (Å²) in [6, 6.07) is 20.2. The molecule has 0 N–H and O–H groups in total. The van der Waals surface area contributed by atoms with Gasteiger partial charge in [0.25, 0.3) is 10.0 Å². The normalized spacial score (nSPS) is 12.1. The number of aryl methyl sites for hydroxylation is 2. The second-order valence-electron chi connectivity index (χ2n) is 9.80. The number of rotatable bonds is 4. The van der Waals surface area contributed by atoms with Gasteiger partial charge in [0.05, 0.1) is 10.4 Å². The lowest BCUT2D eigenvalue weighted by Gasteiger charge is -2.25. The summed E-state index contributed by atoms with van der Waals surface area (Å²) in [6.07, 6.45) is 1.14. The number of ether oxygens (including phenoxy) is 1. The van der Waals surface area contributed by atoms with E-state index in [0.717, 1.165) is 27.6 Å². The molecule has 0 fully saturated rings. The number of aromatic nitrogens is 1. The molecule has 0 atom stereocenters. The zero-order valence-corrected chi connectivity index (χ0v) is 21.7. The van der Waals surface area contributed by atoms with Crippen LogP contribution in [0.3, 0.4) is 0 Å². The maximum Gasteiger partial charge on any atom is 0.414 e. The van der Waals surface area contributed by atoms with Gasteiger partial charge in [-0.15, -0.1) is 0 Å². The van der Waals surface area contributed by atoms with E-state index in [4.69, 9.17) is 4.74 Å². The van der Waals surface area contributed by atoms with E-state index in [2.05, 4.69) is 0 Å². The summed E-state index contributed by atoms with van der Waals surface area (Å²) in [7, 11) is -2.07. The molecule has 0 aliphatic rings. The second kappa shape index (κ2) is 8.89. The minimum atomic E-state index is -3.75. The third-order valence-corrected chi connectivity index (χ3v) is 7.39. The molecule has 6 nitrogen and oxygen atoms in total. The molecule has 1 amide bonds. The summed E-state index contributed by atoms with van der Waals surface area (Å²) < 4.78 is 33.5. The summed E-state index contributed by atoms with van der Waals surface area (Å²) in [6.45, 7) is 9.36. The van der Waals surface area contributed by atoms with Gasteiger partial charge in [0.2, 0.25) is 0 Å². The fraction of sp³-hybridized carbons (Fsp3) is 0.250. The Balaban J connectivity index is 1.76. The van der Waals surface area contributed by atoms with E-state index in [-0.39, 0.29) is 4.90 Å². The molecule has 4 rings (SSSR count). The van der Waals surface area contributed by atoms with E-state index in [1.807, 2.05) is 71.0 Å². The molecule has 0 saturated heterocycles. The SMILES string of the molecule is Cc1ccc(S(=O)(=O)n2ccc3ccc(-c4cc(C)cc(N(C)C(=O)OC(C)(C)C)c4)cc32)cc1. The van der Waals surface area contributed by atoms with Crippen molar-refractivity contribution < 1.29 is 17.9 Å². The fourth-order valence-corrected chi connectivity index (χ4v) is 5.22. The van der Waals surface area contributed by atoms with E-state index in [1.54, 1.807) is 43.6 Å². The van der Waals surface area contributed by atoms with Crippen LogP contribution in [-0.2, 0) is 14.8 Å². The lowest BCUT2D eigenvalue weighted by Crippen LogP contribution is -2.34. The molecule has 1 aromatic heterocycles. The molecule has 7 heteroatoms. The van der Waals surface area contributed by atoms with E-state index >= 15 is 0 Å². The zero-order valence-electron chi connectivity index (χ0n) is 20.9. The molecular formula is C28H30N2O4S. The smallest absolute Gasteiger partial charge is 0.414 e. The van der Waals surface area contributed by atoms with E-state index in [9.17, 15) is 13.2 Å². The van der Waals surface area contributed by atoms with Crippen molar-refractivity contribution in [3.8, 4) is 11.1 Å². The summed E-state index contributed by atoms with van der Waals surface area (Å²) in [5.74, 6) is 0. The number of fused-ring (bicyclic) bond motifs is 1. The highest BCUT2D eigenvalue weighted by molar-refractivity contribution is 7.90. The van der Waals surface area contributed by atoms with Gasteiger partial charge in [-0.3, -0.25) is 4.90 Å². The van der Waals surface area contributed by atoms with Crippen molar-refractivity contribution in [2.75, 3.05) is 11.9 Å².